The fourth-order valence-corrected chi connectivity index (χ4v) is 5.28. The van der Waals surface area contributed by atoms with E-state index in [0.717, 1.165) is 25.6 Å². The van der Waals surface area contributed by atoms with E-state index in [2.05, 4.69) is 20.8 Å². The van der Waals surface area contributed by atoms with Crippen LogP contribution < -0.4 is 5.84 Å². The summed E-state index contributed by atoms with van der Waals surface area (Å²) >= 11 is 0. The largest absolute Gasteiger partial charge is 0.296 e. The van der Waals surface area contributed by atoms with Gasteiger partial charge in [0.2, 0.25) is 0 Å². The predicted octanol–water partition coefficient (Wildman–Crippen LogP) is 2.65. The molecule has 0 radical (unpaired) electrons. The zero-order valence-corrected chi connectivity index (χ0v) is 17.0. The summed E-state index contributed by atoms with van der Waals surface area (Å²) in [6, 6.07) is 0. The minimum Gasteiger partial charge on any atom is -0.296 e. The minimum absolute atomic E-state index is 0.231. The Morgan fingerprint density at radius 1 is 0.957 bits per heavy atom. The maximum atomic E-state index is 12.1. The summed E-state index contributed by atoms with van der Waals surface area (Å²) in [5.74, 6) is 8.01. The van der Waals surface area contributed by atoms with Crippen LogP contribution in [-0.2, 0) is 21.6 Å². The Morgan fingerprint density at radius 2 is 1.43 bits per heavy atom. The van der Waals surface area contributed by atoms with E-state index in [9.17, 15) is 8.42 Å². The first kappa shape index (κ1) is 22.7. The predicted molar refractivity (Wildman–Crippen MR) is 103 cm³/mol. The van der Waals surface area contributed by atoms with E-state index < -0.39 is 21.6 Å². The first-order valence-corrected chi connectivity index (χ1v) is 11.3. The zero-order valence-electron chi connectivity index (χ0n) is 15.4. The lowest BCUT2D eigenvalue weighted by molar-refractivity contribution is 0.188. The molecular formula is C16H35N3O2S2. The Balaban J connectivity index is 4.17. The Morgan fingerprint density at radius 3 is 1.83 bits per heavy atom. The molecule has 0 aromatic heterocycles. The molecule has 0 aromatic carbocycles. The third-order valence-corrected chi connectivity index (χ3v) is 7.79. The number of rotatable bonds is 13. The van der Waals surface area contributed by atoms with Gasteiger partial charge in [-0.3, -0.25) is 18.8 Å². The molecule has 0 aliphatic carbocycles. The number of nitrogens with one attached hydrogen (secondary N) is 1. The van der Waals surface area contributed by atoms with Crippen molar-refractivity contribution in [2.24, 2.45) is 11.3 Å². The van der Waals surface area contributed by atoms with Gasteiger partial charge >= 0.3 is 0 Å². The number of hydrogen-bond donors (Lipinski definition) is 2. The number of nitrogens with zero attached hydrogens (tertiary/aromatic N) is 1. The van der Waals surface area contributed by atoms with Crippen LogP contribution in [0.15, 0.2) is 0 Å². The van der Waals surface area contributed by atoms with Gasteiger partial charge in [-0.2, -0.15) is 0 Å². The molecule has 0 bridgehead atoms. The van der Waals surface area contributed by atoms with Crippen LogP contribution in [0.25, 0.3) is 0 Å². The second kappa shape index (κ2) is 10.6. The molecule has 0 aliphatic heterocycles. The SMILES string of the molecule is CCC(C)(C)CCS(=O)CCS(=O)CCC(C)(CC)N(N)C=N. The van der Waals surface area contributed by atoms with Crippen LogP contribution in [-0.4, -0.2) is 48.3 Å². The van der Waals surface area contributed by atoms with Gasteiger partial charge in [-0.1, -0.05) is 34.1 Å². The van der Waals surface area contributed by atoms with Crippen molar-refractivity contribution in [2.45, 2.75) is 65.8 Å². The summed E-state index contributed by atoms with van der Waals surface area (Å²) in [6.45, 7) is 10.5. The second-order valence-electron chi connectivity index (χ2n) is 7.10. The topological polar surface area (TPSA) is 87.2 Å². The normalized spacial score (nSPS) is 17.3. The maximum absolute atomic E-state index is 12.1. The van der Waals surface area contributed by atoms with Crippen molar-refractivity contribution in [3.05, 3.63) is 0 Å². The molecule has 5 nitrogen and oxygen atoms in total. The highest BCUT2D eigenvalue weighted by Crippen LogP contribution is 2.24. The molecule has 138 valence electrons. The van der Waals surface area contributed by atoms with Crippen molar-refractivity contribution < 1.29 is 8.42 Å². The molecule has 0 spiro atoms. The van der Waals surface area contributed by atoms with Gasteiger partial charge in [0.1, 0.15) is 0 Å². The Labute approximate surface area is 147 Å². The van der Waals surface area contributed by atoms with Gasteiger partial charge in [-0.05, 0) is 31.6 Å². The molecule has 0 saturated heterocycles. The van der Waals surface area contributed by atoms with E-state index in [-0.39, 0.29) is 11.0 Å². The minimum atomic E-state index is -0.984. The van der Waals surface area contributed by atoms with E-state index >= 15 is 0 Å². The van der Waals surface area contributed by atoms with Gasteiger partial charge in [0, 0.05) is 44.6 Å². The van der Waals surface area contributed by atoms with Crippen molar-refractivity contribution in [3.8, 4) is 0 Å². The van der Waals surface area contributed by atoms with Crippen molar-refractivity contribution in [1.29, 1.82) is 5.41 Å². The van der Waals surface area contributed by atoms with Crippen molar-refractivity contribution in [1.82, 2.24) is 5.01 Å². The van der Waals surface area contributed by atoms with E-state index in [1.165, 1.54) is 5.01 Å². The molecule has 0 amide bonds. The fraction of sp³-hybridized carbons (Fsp3) is 0.938. The highest BCUT2D eigenvalue weighted by atomic mass is 32.2. The average molecular weight is 366 g/mol. The van der Waals surface area contributed by atoms with Gasteiger partial charge in [-0.15, -0.1) is 0 Å². The summed E-state index contributed by atoms with van der Waals surface area (Å²) in [5.41, 5.74) is -0.114. The van der Waals surface area contributed by atoms with Gasteiger partial charge in [0.05, 0.1) is 11.9 Å². The van der Waals surface area contributed by atoms with Crippen LogP contribution in [0.1, 0.15) is 60.3 Å². The van der Waals surface area contributed by atoms with Crippen LogP contribution in [0.3, 0.4) is 0 Å². The summed E-state index contributed by atoms with van der Waals surface area (Å²) in [5, 5.41) is 8.65. The molecule has 0 rings (SSSR count). The summed E-state index contributed by atoms with van der Waals surface area (Å²) in [7, 11) is -1.87. The summed E-state index contributed by atoms with van der Waals surface area (Å²) in [6.07, 6.45) is 4.58. The number of nitrogens with two attached hydrogens (primary N) is 1. The van der Waals surface area contributed by atoms with E-state index in [1.807, 2.05) is 13.8 Å². The lowest BCUT2D eigenvalue weighted by Crippen LogP contribution is -2.50. The Bertz CT molecular complexity index is 416. The molecule has 3 unspecified atom stereocenters. The van der Waals surface area contributed by atoms with E-state index in [0.29, 0.717) is 29.4 Å². The molecule has 7 heteroatoms. The quantitative estimate of drug-likeness (QED) is 0.227. The third-order valence-electron chi connectivity index (χ3n) is 4.89. The molecule has 0 aromatic rings. The van der Waals surface area contributed by atoms with E-state index in [1.54, 1.807) is 0 Å². The smallest absolute Gasteiger partial charge is 0.0963 e. The first-order valence-electron chi connectivity index (χ1n) is 8.35. The molecular weight excluding hydrogens is 330 g/mol. The molecule has 3 atom stereocenters. The third kappa shape index (κ3) is 8.96. The van der Waals surface area contributed by atoms with Crippen LogP contribution >= 0.6 is 0 Å². The maximum Gasteiger partial charge on any atom is 0.0963 e. The Kier molecular flexibility index (Phi) is 10.4. The van der Waals surface area contributed by atoms with E-state index in [4.69, 9.17) is 11.3 Å². The highest BCUT2D eigenvalue weighted by Gasteiger charge is 2.27. The summed E-state index contributed by atoms with van der Waals surface area (Å²) < 4.78 is 24.2. The highest BCUT2D eigenvalue weighted by molar-refractivity contribution is 7.88. The molecule has 0 heterocycles. The van der Waals surface area contributed by atoms with Crippen LogP contribution in [0.5, 0.6) is 0 Å². The van der Waals surface area contributed by atoms with Crippen LogP contribution in [0.4, 0.5) is 0 Å². The second-order valence-corrected chi connectivity index (χ2v) is 10.5. The lowest BCUT2D eigenvalue weighted by Gasteiger charge is -2.35. The zero-order chi connectivity index (χ0) is 18.1. The van der Waals surface area contributed by atoms with Crippen molar-refractivity contribution in [2.75, 3.05) is 23.0 Å². The summed E-state index contributed by atoms with van der Waals surface area (Å²) in [4.78, 5) is 0. The average Bonchev–Trinajstić information content (AvgIpc) is 2.55. The lowest BCUT2D eigenvalue weighted by atomic mass is 9.87. The monoisotopic (exact) mass is 365 g/mol. The molecule has 0 saturated carbocycles. The molecule has 0 fully saturated rings. The number of hydrazine groups is 1. The standard InChI is InChI=1S/C16H35N3O2S2/c1-6-15(3,4)8-10-22(20)12-13-23(21)11-9-16(5,7-2)19(18)14-17/h14,17H,6-13,18H2,1-5H3. The van der Waals surface area contributed by atoms with Gasteiger partial charge in [-0.25, -0.2) is 5.84 Å². The van der Waals surface area contributed by atoms with Gasteiger partial charge in [0.25, 0.3) is 0 Å². The van der Waals surface area contributed by atoms with Gasteiger partial charge < -0.3 is 0 Å². The first-order chi connectivity index (χ1) is 10.6. The van der Waals surface area contributed by atoms with Crippen molar-refractivity contribution in [3.63, 3.8) is 0 Å². The van der Waals surface area contributed by atoms with Crippen LogP contribution in [0.2, 0.25) is 0 Å². The Hall–Kier alpha value is -0.270. The van der Waals surface area contributed by atoms with Crippen LogP contribution in [0, 0.1) is 10.8 Å². The fourth-order valence-electron chi connectivity index (χ4n) is 1.93. The van der Waals surface area contributed by atoms with Gasteiger partial charge in [0.15, 0.2) is 0 Å². The number of hydrogen-bond acceptors (Lipinski definition) is 4. The molecule has 23 heavy (non-hydrogen) atoms. The molecule has 0 aliphatic rings. The molecule has 3 N–H and O–H groups in total. The van der Waals surface area contributed by atoms with Crippen molar-refractivity contribution >= 4 is 27.9 Å².